The highest BCUT2D eigenvalue weighted by atomic mass is 35.5. The second-order valence-corrected chi connectivity index (χ2v) is 3.60. The number of nitrogens with zero attached hydrogens (tertiary/aromatic N) is 2. The van der Waals surface area contributed by atoms with Crippen molar-refractivity contribution in [1.29, 1.82) is 0 Å². The van der Waals surface area contributed by atoms with Crippen LogP contribution in [0.1, 0.15) is 0 Å². The smallest absolute Gasteiger partial charge is 0.287 e. The second kappa shape index (κ2) is 4.80. The fraction of sp³-hybridized carbons (Fsp3) is 0. The number of ether oxygens (including phenoxy) is 1. The molecule has 6 heteroatoms. The Hall–Kier alpha value is -2.14. The molecule has 0 atom stereocenters. The van der Waals surface area contributed by atoms with Crippen LogP contribution in [0.2, 0.25) is 5.02 Å². The molecule has 0 spiro atoms. The highest BCUT2D eigenvalue weighted by Gasteiger charge is 2.06. The summed E-state index contributed by atoms with van der Waals surface area (Å²) in [4.78, 5) is 13.7. The number of hydrogen-bond donors (Lipinski definition) is 0. The van der Waals surface area contributed by atoms with Gasteiger partial charge in [-0.15, -0.1) is 0 Å². The maximum atomic E-state index is 10.4. The first kappa shape index (κ1) is 11.3. The van der Waals surface area contributed by atoms with Gasteiger partial charge in [0.1, 0.15) is 11.9 Å². The van der Waals surface area contributed by atoms with Crippen LogP contribution in [0, 0.1) is 10.1 Å². The van der Waals surface area contributed by atoms with E-state index in [1.165, 1.54) is 12.1 Å². The minimum atomic E-state index is -0.515. The lowest BCUT2D eigenvalue weighted by atomic mass is 10.3. The quantitative estimate of drug-likeness (QED) is 0.618. The molecule has 5 nitrogen and oxygen atoms in total. The number of hydrogen-bond acceptors (Lipinski definition) is 4. The van der Waals surface area contributed by atoms with Crippen LogP contribution in [0.5, 0.6) is 11.6 Å². The van der Waals surface area contributed by atoms with Gasteiger partial charge in [0.15, 0.2) is 0 Å². The van der Waals surface area contributed by atoms with E-state index in [1.807, 2.05) is 0 Å². The summed E-state index contributed by atoms with van der Waals surface area (Å²) < 4.78 is 5.38. The molecule has 0 aliphatic heterocycles. The fourth-order valence-corrected chi connectivity index (χ4v) is 1.29. The minimum absolute atomic E-state index is 0.0755. The third-order valence-electron chi connectivity index (χ3n) is 1.97. The average Bonchev–Trinajstić information content (AvgIpc) is 2.33. The van der Waals surface area contributed by atoms with Gasteiger partial charge in [-0.1, -0.05) is 11.6 Å². The van der Waals surface area contributed by atoms with E-state index in [2.05, 4.69) is 4.98 Å². The van der Waals surface area contributed by atoms with Crippen LogP contribution in [0.4, 0.5) is 5.69 Å². The van der Waals surface area contributed by atoms with Crippen LogP contribution in [0.25, 0.3) is 0 Å². The predicted octanol–water partition coefficient (Wildman–Crippen LogP) is 3.44. The lowest BCUT2D eigenvalue weighted by Crippen LogP contribution is -1.91. The highest BCUT2D eigenvalue weighted by molar-refractivity contribution is 6.30. The topological polar surface area (TPSA) is 65.3 Å². The summed E-state index contributed by atoms with van der Waals surface area (Å²) in [6.07, 6.45) is 1.14. The number of halogens is 1. The van der Waals surface area contributed by atoms with E-state index < -0.39 is 4.92 Å². The first-order valence-electron chi connectivity index (χ1n) is 4.69. The molecule has 2 aromatic rings. The Morgan fingerprint density at radius 3 is 2.41 bits per heavy atom. The summed E-state index contributed by atoms with van der Waals surface area (Å²) in [5.41, 5.74) is -0.0755. The monoisotopic (exact) mass is 250 g/mol. The molecule has 1 heterocycles. The van der Waals surface area contributed by atoms with Crippen LogP contribution < -0.4 is 4.74 Å². The van der Waals surface area contributed by atoms with Crippen molar-refractivity contribution >= 4 is 17.3 Å². The van der Waals surface area contributed by atoms with Crippen LogP contribution in [-0.2, 0) is 0 Å². The summed E-state index contributed by atoms with van der Waals surface area (Å²) in [5, 5.41) is 11.0. The van der Waals surface area contributed by atoms with E-state index in [4.69, 9.17) is 16.3 Å². The maximum Gasteiger partial charge on any atom is 0.287 e. The predicted molar refractivity (Wildman–Crippen MR) is 62.4 cm³/mol. The molecular formula is C11H7ClN2O3. The Bertz CT molecular complexity index is 525. The number of pyridine rings is 1. The Morgan fingerprint density at radius 2 is 1.88 bits per heavy atom. The van der Waals surface area contributed by atoms with Gasteiger partial charge in [0.2, 0.25) is 5.88 Å². The molecule has 1 aromatic carbocycles. The standard InChI is InChI=1S/C11H7ClN2O3/c12-8-1-4-10(5-2-8)17-11-6-3-9(7-13-11)14(15)16/h1-7H. The van der Waals surface area contributed by atoms with Crippen molar-refractivity contribution in [2.75, 3.05) is 0 Å². The van der Waals surface area contributed by atoms with Gasteiger partial charge in [-0.25, -0.2) is 4.98 Å². The molecule has 0 unspecified atom stereocenters. The second-order valence-electron chi connectivity index (χ2n) is 3.17. The Labute approximate surface area is 102 Å². The summed E-state index contributed by atoms with van der Waals surface area (Å²) in [7, 11) is 0. The SMILES string of the molecule is O=[N+]([O-])c1ccc(Oc2ccc(Cl)cc2)nc1. The third kappa shape index (κ3) is 2.92. The van der Waals surface area contributed by atoms with Gasteiger partial charge in [-0.05, 0) is 24.3 Å². The number of rotatable bonds is 3. The van der Waals surface area contributed by atoms with Gasteiger partial charge >= 0.3 is 0 Å². The molecule has 0 bridgehead atoms. The first-order valence-corrected chi connectivity index (χ1v) is 5.07. The van der Waals surface area contributed by atoms with E-state index in [1.54, 1.807) is 24.3 Å². The Kier molecular flexibility index (Phi) is 3.20. The lowest BCUT2D eigenvalue weighted by molar-refractivity contribution is -0.385. The average molecular weight is 251 g/mol. The van der Waals surface area contributed by atoms with Crippen LogP contribution in [0.15, 0.2) is 42.6 Å². The molecule has 86 valence electrons. The molecule has 0 aliphatic carbocycles. The summed E-state index contributed by atoms with van der Waals surface area (Å²) in [5.74, 6) is 0.855. The van der Waals surface area contributed by atoms with Crippen molar-refractivity contribution in [3.8, 4) is 11.6 Å². The molecule has 0 fully saturated rings. The van der Waals surface area contributed by atoms with Crippen molar-refractivity contribution in [3.05, 3.63) is 57.7 Å². The van der Waals surface area contributed by atoms with Gasteiger partial charge in [0.25, 0.3) is 5.69 Å². The van der Waals surface area contributed by atoms with Gasteiger partial charge in [0, 0.05) is 17.2 Å². The summed E-state index contributed by atoms with van der Waals surface area (Å²) in [6.45, 7) is 0. The van der Waals surface area contributed by atoms with Crippen LogP contribution >= 0.6 is 11.6 Å². The molecular weight excluding hydrogens is 244 g/mol. The van der Waals surface area contributed by atoms with E-state index >= 15 is 0 Å². The van der Waals surface area contributed by atoms with Crippen molar-refractivity contribution in [3.63, 3.8) is 0 Å². The molecule has 17 heavy (non-hydrogen) atoms. The zero-order valence-corrected chi connectivity index (χ0v) is 9.29. The van der Waals surface area contributed by atoms with E-state index in [0.717, 1.165) is 6.20 Å². The first-order chi connectivity index (χ1) is 8.15. The fourth-order valence-electron chi connectivity index (χ4n) is 1.16. The van der Waals surface area contributed by atoms with Gasteiger partial charge < -0.3 is 4.74 Å². The number of benzene rings is 1. The Morgan fingerprint density at radius 1 is 1.18 bits per heavy atom. The van der Waals surface area contributed by atoms with Crippen molar-refractivity contribution < 1.29 is 9.66 Å². The zero-order chi connectivity index (χ0) is 12.3. The normalized spacial score (nSPS) is 9.94. The van der Waals surface area contributed by atoms with Crippen LogP contribution in [-0.4, -0.2) is 9.91 Å². The van der Waals surface area contributed by atoms with Crippen LogP contribution in [0.3, 0.4) is 0 Å². The Balaban J connectivity index is 2.13. The molecule has 0 N–H and O–H groups in total. The van der Waals surface area contributed by atoms with Gasteiger partial charge in [-0.3, -0.25) is 10.1 Å². The number of aromatic nitrogens is 1. The molecule has 0 aliphatic rings. The van der Waals surface area contributed by atoms with E-state index in [0.29, 0.717) is 10.8 Å². The van der Waals surface area contributed by atoms with Gasteiger partial charge in [0.05, 0.1) is 4.92 Å². The molecule has 2 rings (SSSR count). The van der Waals surface area contributed by atoms with Crippen molar-refractivity contribution in [1.82, 2.24) is 4.98 Å². The van der Waals surface area contributed by atoms with E-state index in [9.17, 15) is 10.1 Å². The largest absolute Gasteiger partial charge is 0.439 e. The highest BCUT2D eigenvalue weighted by Crippen LogP contribution is 2.22. The molecule has 0 radical (unpaired) electrons. The third-order valence-corrected chi connectivity index (χ3v) is 2.22. The molecule has 0 saturated carbocycles. The molecule has 0 amide bonds. The minimum Gasteiger partial charge on any atom is -0.439 e. The zero-order valence-electron chi connectivity index (χ0n) is 8.54. The van der Waals surface area contributed by atoms with E-state index in [-0.39, 0.29) is 11.6 Å². The van der Waals surface area contributed by atoms with Crippen molar-refractivity contribution in [2.24, 2.45) is 0 Å². The lowest BCUT2D eigenvalue weighted by Gasteiger charge is -2.03. The summed E-state index contributed by atoms with van der Waals surface area (Å²) in [6, 6.07) is 9.51. The van der Waals surface area contributed by atoms with Crippen molar-refractivity contribution in [2.45, 2.75) is 0 Å². The number of nitro groups is 1. The molecule has 1 aromatic heterocycles. The molecule has 0 saturated heterocycles. The maximum absolute atomic E-state index is 10.4. The summed E-state index contributed by atoms with van der Waals surface area (Å²) >= 11 is 5.72. The van der Waals surface area contributed by atoms with Gasteiger partial charge in [-0.2, -0.15) is 0 Å².